The summed E-state index contributed by atoms with van der Waals surface area (Å²) in [6.45, 7) is 4.29. The van der Waals surface area contributed by atoms with Gasteiger partial charge in [-0.3, -0.25) is 0 Å². The molecule has 0 saturated carbocycles. The predicted molar refractivity (Wildman–Crippen MR) is 91.9 cm³/mol. The van der Waals surface area contributed by atoms with E-state index in [-0.39, 0.29) is 4.21 Å². The van der Waals surface area contributed by atoms with Gasteiger partial charge in [0, 0.05) is 17.3 Å². The van der Waals surface area contributed by atoms with Gasteiger partial charge in [0.15, 0.2) is 0 Å². The number of primary sulfonamides is 1. The lowest BCUT2D eigenvalue weighted by atomic mass is 10.1. The van der Waals surface area contributed by atoms with Gasteiger partial charge in [-0.2, -0.15) is 0 Å². The Hall–Kier alpha value is -1.96. The summed E-state index contributed by atoms with van der Waals surface area (Å²) in [6.07, 6.45) is 3.62. The van der Waals surface area contributed by atoms with Crippen LogP contribution in [-0.2, 0) is 16.6 Å². The van der Waals surface area contributed by atoms with E-state index in [0.717, 1.165) is 21.8 Å². The number of hydrogen-bond acceptors (Lipinski definition) is 4. The molecule has 2 heterocycles. The summed E-state index contributed by atoms with van der Waals surface area (Å²) in [4.78, 5) is 5.15. The van der Waals surface area contributed by atoms with Gasteiger partial charge in [0.1, 0.15) is 10.0 Å². The minimum Gasteiger partial charge on any atom is -0.331 e. The lowest BCUT2D eigenvalue weighted by molar-refractivity contribution is 0.599. The predicted octanol–water partition coefficient (Wildman–Crippen LogP) is 2.92. The van der Waals surface area contributed by atoms with Gasteiger partial charge < -0.3 is 4.57 Å². The Morgan fingerprint density at radius 3 is 2.48 bits per heavy atom. The van der Waals surface area contributed by atoms with E-state index in [2.05, 4.69) is 4.98 Å². The van der Waals surface area contributed by atoms with Crippen molar-refractivity contribution in [3.63, 3.8) is 0 Å². The highest BCUT2D eigenvalue weighted by atomic mass is 32.2. The Bertz CT molecular complexity index is 941. The summed E-state index contributed by atoms with van der Waals surface area (Å²) in [5, 5.41) is 5.38. The van der Waals surface area contributed by atoms with Crippen LogP contribution in [0, 0.1) is 13.8 Å². The average molecular weight is 347 g/mol. The van der Waals surface area contributed by atoms with Crippen LogP contribution in [0.15, 0.2) is 46.9 Å². The number of thiophene rings is 1. The molecule has 2 N–H and O–H groups in total. The van der Waals surface area contributed by atoms with Crippen molar-refractivity contribution < 1.29 is 8.42 Å². The lowest BCUT2D eigenvalue weighted by Crippen LogP contribution is -2.12. The van der Waals surface area contributed by atoms with Crippen molar-refractivity contribution in [1.29, 1.82) is 0 Å². The van der Waals surface area contributed by atoms with E-state index < -0.39 is 10.0 Å². The van der Waals surface area contributed by atoms with E-state index in [9.17, 15) is 8.42 Å². The maximum Gasteiger partial charge on any atom is 0.247 e. The molecule has 5 nitrogen and oxygen atoms in total. The highest BCUT2D eigenvalue weighted by molar-refractivity contribution is 7.91. The van der Waals surface area contributed by atoms with Gasteiger partial charge in [-0.05, 0) is 30.5 Å². The van der Waals surface area contributed by atoms with Crippen molar-refractivity contribution in [2.24, 2.45) is 5.14 Å². The van der Waals surface area contributed by atoms with E-state index in [0.29, 0.717) is 12.1 Å². The molecule has 0 saturated heterocycles. The molecule has 0 radical (unpaired) electrons. The summed E-state index contributed by atoms with van der Waals surface area (Å²) < 4.78 is 26.0. The van der Waals surface area contributed by atoms with Crippen LogP contribution in [0.2, 0.25) is 0 Å². The highest BCUT2D eigenvalue weighted by Gasteiger charge is 2.23. The first-order valence-electron chi connectivity index (χ1n) is 7.06. The van der Waals surface area contributed by atoms with Gasteiger partial charge in [0.25, 0.3) is 0 Å². The summed E-state index contributed by atoms with van der Waals surface area (Å²) in [6, 6.07) is 9.76. The third kappa shape index (κ3) is 3.08. The number of benzene rings is 1. The van der Waals surface area contributed by atoms with E-state index in [1.54, 1.807) is 6.20 Å². The molecule has 0 atom stereocenters. The Morgan fingerprint density at radius 2 is 1.91 bits per heavy atom. The van der Waals surface area contributed by atoms with Gasteiger partial charge in [-0.1, -0.05) is 30.3 Å². The molecule has 3 rings (SSSR count). The fourth-order valence-electron chi connectivity index (χ4n) is 2.55. The molecule has 120 valence electrons. The number of imidazole rings is 1. The Balaban J connectivity index is 2.20. The van der Waals surface area contributed by atoms with Gasteiger partial charge >= 0.3 is 0 Å². The molecule has 0 aliphatic carbocycles. The Labute approximate surface area is 139 Å². The topological polar surface area (TPSA) is 78.0 Å². The van der Waals surface area contributed by atoms with Crippen LogP contribution in [0.4, 0.5) is 0 Å². The summed E-state index contributed by atoms with van der Waals surface area (Å²) >= 11 is 1.23. The van der Waals surface area contributed by atoms with Crippen LogP contribution in [0.3, 0.4) is 0 Å². The monoisotopic (exact) mass is 347 g/mol. The summed E-state index contributed by atoms with van der Waals surface area (Å²) in [5.74, 6) is 0.881. The standard InChI is InChI=1S/C16H17N3O2S2/c1-11-14(10-19-9-8-18-12(19)2)15(13-6-4-3-5-7-13)22-16(11)23(17,20)21/h3-9H,10H2,1-2H3,(H2,17,20,21). The molecule has 7 heteroatoms. The third-order valence-electron chi connectivity index (χ3n) is 3.77. The molecule has 2 aromatic heterocycles. The quantitative estimate of drug-likeness (QED) is 0.788. The number of hydrogen-bond donors (Lipinski definition) is 1. The molecule has 0 aliphatic rings. The van der Waals surface area contributed by atoms with E-state index >= 15 is 0 Å². The molecule has 1 aromatic carbocycles. The average Bonchev–Trinajstić information content (AvgIpc) is 3.05. The third-order valence-corrected chi connectivity index (χ3v) is 6.72. The van der Waals surface area contributed by atoms with E-state index in [4.69, 9.17) is 5.14 Å². The molecular formula is C16H17N3O2S2. The molecule has 0 amide bonds. The molecule has 0 fully saturated rings. The van der Waals surface area contributed by atoms with Crippen molar-refractivity contribution >= 4 is 21.4 Å². The van der Waals surface area contributed by atoms with Crippen LogP contribution in [0.5, 0.6) is 0 Å². The number of nitrogens with zero attached hydrogens (tertiary/aromatic N) is 2. The first-order chi connectivity index (χ1) is 10.9. The van der Waals surface area contributed by atoms with Crippen LogP contribution in [0.1, 0.15) is 17.0 Å². The molecule has 0 spiro atoms. The minimum atomic E-state index is -3.74. The van der Waals surface area contributed by atoms with Crippen molar-refractivity contribution in [3.8, 4) is 10.4 Å². The minimum absolute atomic E-state index is 0.226. The first-order valence-corrected chi connectivity index (χ1v) is 9.42. The second kappa shape index (κ2) is 5.92. The number of rotatable bonds is 4. The van der Waals surface area contributed by atoms with Crippen LogP contribution in [-0.4, -0.2) is 18.0 Å². The first kappa shape index (κ1) is 15.9. The summed E-state index contributed by atoms with van der Waals surface area (Å²) in [5.41, 5.74) is 2.67. The van der Waals surface area contributed by atoms with Gasteiger partial charge in [0.2, 0.25) is 10.0 Å². The molecule has 23 heavy (non-hydrogen) atoms. The van der Waals surface area contributed by atoms with E-state index in [1.165, 1.54) is 11.3 Å². The van der Waals surface area contributed by atoms with Gasteiger partial charge in [-0.15, -0.1) is 11.3 Å². The summed E-state index contributed by atoms with van der Waals surface area (Å²) in [7, 11) is -3.74. The van der Waals surface area contributed by atoms with Gasteiger partial charge in [-0.25, -0.2) is 18.5 Å². The van der Waals surface area contributed by atoms with Crippen LogP contribution < -0.4 is 5.14 Å². The van der Waals surface area contributed by atoms with E-state index in [1.807, 2.05) is 54.9 Å². The Kier molecular flexibility index (Phi) is 4.09. The van der Waals surface area contributed by atoms with Crippen molar-refractivity contribution in [2.75, 3.05) is 0 Å². The number of sulfonamides is 1. The zero-order valence-corrected chi connectivity index (χ0v) is 14.5. The maximum atomic E-state index is 11.9. The number of aromatic nitrogens is 2. The maximum absolute atomic E-state index is 11.9. The highest BCUT2D eigenvalue weighted by Crippen LogP contribution is 2.38. The lowest BCUT2D eigenvalue weighted by Gasteiger charge is -2.08. The second-order valence-corrected chi connectivity index (χ2v) is 8.11. The smallest absolute Gasteiger partial charge is 0.247 e. The van der Waals surface area contributed by atoms with Crippen LogP contribution in [0.25, 0.3) is 10.4 Å². The Morgan fingerprint density at radius 1 is 1.22 bits per heavy atom. The molecule has 0 aliphatic heterocycles. The molecule has 0 bridgehead atoms. The second-order valence-electron chi connectivity index (χ2n) is 5.34. The number of aryl methyl sites for hydroxylation is 1. The fourth-order valence-corrected chi connectivity index (χ4v) is 4.87. The SMILES string of the molecule is Cc1c(S(N)(=O)=O)sc(-c2ccccc2)c1Cn1ccnc1C. The molecule has 3 aromatic rings. The van der Waals surface area contributed by atoms with Gasteiger partial charge in [0.05, 0.1) is 6.54 Å². The van der Waals surface area contributed by atoms with Crippen LogP contribution >= 0.6 is 11.3 Å². The van der Waals surface area contributed by atoms with Crippen molar-refractivity contribution in [2.45, 2.75) is 24.6 Å². The normalized spacial score (nSPS) is 11.8. The zero-order valence-electron chi connectivity index (χ0n) is 12.9. The molecular weight excluding hydrogens is 330 g/mol. The zero-order chi connectivity index (χ0) is 16.6. The van der Waals surface area contributed by atoms with Crippen molar-refractivity contribution in [3.05, 3.63) is 59.7 Å². The number of nitrogens with two attached hydrogens (primary N) is 1. The largest absolute Gasteiger partial charge is 0.331 e. The van der Waals surface area contributed by atoms with Crippen molar-refractivity contribution in [1.82, 2.24) is 9.55 Å². The fraction of sp³-hybridized carbons (Fsp3) is 0.188. The molecule has 0 unspecified atom stereocenters.